The molecule has 2 unspecified atom stereocenters. The van der Waals surface area contributed by atoms with Crippen molar-refractivity contribution in [3.8, 4) is 0 Å². The minimum atomic E-state index is 0.529. The molecular weight excluding hydrogens is 146 g/mol. The first-order valence-electron chi connectivity index (χ1n) is 5.22. The number of likely N-dealkylation sites (tertiary alicyclic amines) is 1. The van der Waals surface area contributed by atoms with Gasteiger partial charge in [0.1, 0.15) is 0 Å². The Morgan fingerprint density at radius 2 is 2.08 bits per heavy atom. The first-order chi connectivity index (χ1) is 5.49. The number of rotatable bonds is 1. The number of fused-ring (bicyclic) bond motifs is 1. The standard InChI is InChI=1S/C11H21N/c1-5-12-7-9-6-11(9,8-12)10(2,3)4/h9H,5-8H2,1-4H3. The van der Waals surface area contributed by atoms with Crippen LogP contribution in [0, 0.1) is 16.7 Å². The molecule has 0 bridgehead atoms. The third-order valence-electron chi connectivity index (χ3n) is 4.16. The molecular formula is C11H21N. The molecule has 2 fully saturated rings. The first-order valence-corrected chi connectivity index (χ1v) is 5.22. The summed E-state index contributed by atoms with van der Waals surface area (Å²) in [4.78, 5) is 2.61. The maximum atomic E-state index is 2.61. The maximum Gasteiger partial charge on any atom is 0.00462 e. The SMILES string of the molecule is CCN1CC2CC2(C(C)(C)C)C1. The number of hydrogen-bond acceptors (Lipinski definition) is 1. The summed E-state index contributed by atoms with van der Waals surface area (Å²) in [7, 11) is 0. The van der Waals surface area contributed by atoms with Crippen molar-refractivity contribution < 1.29 is 0 Å². The minimum Gasteiger partial charge on any atom is -0.303 e. The molecule has 2 atom stereocenters. The summed E-state index contributed by atoms with van der Waals surface area (Å²) in [5.74, 6) is 1.03. The normalized spacial score (nSPS) is 41.5. The van der Waals surface area contributed by atoms with E-state index in [-0.39, 0.29) is 0 Å². The molecule has 0 amide bonds. The van der Waals surface area contributed by atoms with E-state index in [2.05, 4.69) is 32.6 Å². The molecule has 12 heavy (non-hydrogen) atoms. The Morgan fingerprint density at radius 1 is 1.42 bits per heavy atom. The lowest BCUT2D eigenvalue weighted by molar-refractivity contribution is 0.179. The topological polar surface area (TPSA) is 3.24 Å². The molecule has 1 saturated carbocycles. The summed E-state index contributed by atoms with van der Waals surface area (Å²) in [6.07, 6.45) is 1.49. The van der Waals surface area contributed by atoms with Crippen LogP contribution in [0.5, 0.6) is 0 Å². The highest BCUT2D eigenvalue weighted by Crippen LogP contribution is 2.66. The third-order valence-corrected chi connectivity index (χ3v) is 4.16. The van der Waals surface area contributed by atoms with Crippen LogP contribution in [0.25, 0.3) is 0 Å². The van der Waals surface area contributed by atoms with Gasteiger partial charge in [0, 0.05) is 13.1 Å². The fourth-order valence-electron chi connectivity index (χ4n) is 2.99. The largest absolute Gasteiger partial charge is 0.303 e. The third kappa shape index (κ3) is 0.953. The Labute approximate surface area is 76.1 Å². The highest BCUT2D eigenvalue weighted by atomic mass is 15.2. The maximum absolute atomic E-state index is 2.61. The molecule has 0 aromatic rings. The van der Waals surface area contributed by atoms with Crippen molar-refractivity contribution in [2.75, 3.05) is 19.6 Å². The van der Waals surface area contributed by atoms with Crippen LogP contribution in [0.4, 0.5) is 0 Å². The van der Waals surface area contributed by atoms with Gasteiger partial charge in [-0.2, -0.15) is 0 Å². The molecule has 0 N–H and O–H groups in total. The molecule has 1 heterocycles. The van der Waals surface area contributed by atoms with Crippen molar-refractivity contribution in [2.45, 2.75) is 34.1 Å². The van der Waals surface area contributed by atoms with Crippen LogP contribution in [0.15, 0.2) is 0 Å². The summed E-state index contributed by atoms with van der Waals surface area (Å²) < 4.78 is 0. The fourth-order valence-corrected chi connectivity index (χ4v) is 2.99. The lowest BCUT2D eigenvalue weighted by Gasteiger charge is -2.31. The second-order valence-corrected chi connectivity index (χ2v) is 5.63. The Morgan fingerprint density at radius 3 is 2.42 bits per heavy atom. The van der Waals surface area contributed by atoms with Gasteiger partial charge < -0.3 is 4.90 Å². The second kappa shape index (κ2) is 2.25. The minimum absolute atomic E-state index is 0.529. The van der Waals surface area contributed by atoms with E-state index in [0.29, 0.717) is 10.8 Å². The zero-order valence-electron chi connectivity index (χ0n) is 8.85. The van der Waals surface area contributed by atoms with Gasteiger partial charge in [-0.1, -0.05) is 27.7 Å². The van der Waals surface area contributed by atoms with E-state index in [0.717, 1.165) is 5.92 Å². The van der Waals surface area contributed by atoms with Gasteiger partial charge in [-0.3, -0.25) is 0 Å². The molecule has 2 aliphatic rings. The Balaban J connectivity index is 2.09. The monoisotopic (exact) mass is 167 g/mol. The van der Waals surface area contributed by atoms with Crippen LogP contribution in [0.1, 0.15) is 34.1 Å². The first kappa shape index (κ1) is 8.55. The lowest BCUT2D eigenvalue weighted by atomic mass is 9.77. The van der Waals surface area contributed by atoms with E-state index in [1.54, 1.807) is 0 Å². The summed E-state index contributed by atoms with van der Waals surface area (Å²) in [5.41, 5.74) is 1.23. The Kier molecular flexibility index (Phi) is 1.61. The summed E-state index contributed by atoms with van der Waals surface area (Å²) in [6.45, 7) is 13.5. The van der Waals surface area contributed by atoms with Gasteiger partial charge in [0.05, 0.1) is 0 Å². The van der Waals surface area contributed by atoms with Crippen molar-refractivity contribution in [2.24, 2.45) is 16.7 Å². The highest BCUT2D eigenvalue weighted by Gasteiger charge is 2.64. The molecule has 1 saturated heterocycles. The summed E-state index contributed by atoms with van der Waals surface area (Å²) in [5, 5.41) is 0. The van der Waals surface area contributed by atoms with Crippen LogP contribution >= 0.6 is 0 Å². The molecule has 1 aliphatic heterocycles. The highest BCUT2D eigenvalue weighted by molar-refractivity contribution is 5.15. The summed E-state index contributed by atoms with van der Waals surface area (Å²) in [6, 6.07) is 0. The Bertz CT molecular complexity index is 192. The van der Waals surface area contributed by atoms with Crippen molar-refractivity contribution in [1.82, 2.24) is 4.90 Å². The molecule has 0 radical (unpaired) electrons. The van der Waals surface area contributed by atoms with Gasteiger partial charge in [-0.15, -0.1) is 0 Å². The van der Waals surface area contributed by atoms with Gasteiger partial charge in [0.2, 0.25) is 0 Å². The molecule has 2 rings (SSSR count). The summed E-state index contributed by atoms with van der Waals surface area (Å²) >= 11 is 0. The lowest BCUT2D eigenvalue weighted by Crippen LogP contribution is -2.31. The molecule has 0 spiro atoms. The van der Waals surface area contributed by atoms with Crippen LogP contribution in [0.2, 0.25) is 0 Å². The smallest absolute Gasteiger partial charge is 0.00462 e. The number of piperidine rings is 1. The van der Waals surface area contributed by atoms with E-state index in [4.69, 9.17) is 0 Å². The zero-order valence-corrected chi connectivity index (χ0v) is 8.85. The van der Waals surface area contributed by atoms with Gasteiger partial charge >= 0.3 is 0 Å². The van der Waals surface area contributed by atoms with Crippen LogP contribution in [-0.4, -0.2) is 24.5 Å². The van der Waals surface area contributed by atoms with Gasteiger partial charge in [0.15, 0.2) is 0 Å². The second-order valence-electron chi connectivity index (χ2n) is 5.63. The predicted octanol–water partition coefficient (Wildman–Crippen LogP) is 2.37. The molecule has 0 aromatic carbocycles. The van der Waals surface area contributed by atoms with Crippen molar-refractivity contribution in [3.63, 3.8) is 0 Å². The van der Waals surface area contributed by atoms with Crippen molar-refractivity contribution in [1.29, 1.82) is 0 Å². The van der Waals surface area contributed by atoms with E-state index >= 15 is 0 Å². The number of nitrogens with zero attached hydrogens (tertiary/aromatic N) is 1. The van der Waals surface area contributed by atoms with E-state index in [9.17, 15) is 0 Å². The quantitative estimate of drug-likeness (QED) is 0.579. The van der Waals surface area contributed by atoms with Gasteiger partial charge in [-0.25, -0.2) is 0 Å². The van der Waals surface area contributed by atoms with Crippen LogP contribution in [0.3, 0.4) is 0 Å². The predicted molar refractivity (Wildman–Crippen MR) is 52.1 cm³/mol. The average molecular weight is 167 g/mol. The van der Waals surface area contributed by atoms with E-state index < -0.39 is 0 Å². The van der Waals surface area contributed by atoms with Gasteiger partial charge in [0.25, 0.3) is 0 Å². The average Bonchev–Trinajstić information content (AvgIpc) is 2.54. The van der Waals surface area contributed by atoms with E-state index in [1.165, 1.54) is 26.1 Å². The Hall–Kier alpha value is -0.0400. The number of hydrogen-bond donors (Lipinski definition) is 0. The molecule has 1 heteroatoms. The van der Waals surface area contributed by atoms with Crippen molar-refractivity contribution >= 4 is 0 Å². The van der Waals surface area contributed by atoms with Crippen LogP contribution in [-0.2, 0) is 0 Å². The molecule has 1 nitrogen and oxygen atoms in total. The zero-order chi connectivity index (χ0) is 8.98. The molecule has 1 aliphatic carbocycles. The van der Waals surface area contributed by atoms with Gasteiger partial charge in [-0.05, 0) is 29.7 Å². The van der Waals surface area contributed by atoms with Crippen molar-refractivity contribution in [3.05, 3.63) is 0 Å². The molecule has 0 aromatic heterocycles. The fraction of sp³-hybridized carbons (Fsp3) is 1.00. The van der Waals surface area contributed by atoms with E-state index in [1.807, 2.05) is 0 Å². The molecule has 70 valence electrons. The van der Waals surface area contributed by atoms with Crippen LogP contribution < -0.4 is 0 Å².